The molecule has 1 aromatic heterocycles. The molecule has 0 spiro atoms. The molecule has 1 heterocycles. The first kappa shape index (κ1) is 16.7. The van der Waals surface area contributed by atoms with Gasteiger partial charge in [0.25, 0.3) is 5.91 Å². The zero-order valence-corrected chi connectivity index (χ0v) is 14.7. The van der Waals surface area contributed by atoms with Gasteiger partial charge in [0.05, 0.1) is 17.5 Å². The highest BCUT2D eigenvalue weighted by Gasteiger charge is 2.15. The van der Waals surface area contributed by atoms with Crippen molar-refractivity contribution in [2.24, 2.45) is 0 Å². The molecular formula is C17H12BrClFN3O. The van der Waals surface area contributed by atoms with E-state index in [1.807, 2.05) is 24.3 Å². The van der Waals surface area contributed by atoms with Crippen LogP contribution < -0.4 is 5.32 Å². The Morgan fingerprint density at radius 3 is 2.88 bits per heavy atom. The highest BCUT2D eigenvalue weighted by molar-refractivity contribution is 9.10. The van der Waals surface area contributed by atoms with Crippen molar-refractivity contribution in [1.29, 1.82) is 0 Å². The predicted molar refractivity (Wildman–Crippen MR) is 94.3 cm³/mol. The van der Waals surface area contributed by atoms with Crippen LogP contribution >= 0.6 is 27.5 Å². The Morgan fingerprint density at radius 1 is 1.29 bits per heavy atom. The van der Waals surface area contributed by atoms with E-state index in [9.17, 15) is 9.18 Å². The summed E-state index contributed by atoms with van der Waals surface area (Å²) in [6, 6.07) is 11.6. The second kappa shape index (κ2) is 7.15. The van der Waals surface area contributed by atoms with Crippen molar-refractivity contribution in [3.8, 4) is 11.3 Å². The first-order valence-corrected chi connectivity index (χ1v) is 8.23. The largest absolute Gasteiger partial charge is 0.348 e. The molecule has 122 valence electrons. The quantitative estimate of drug-likeness (QED) is 0.665. The molecule has 0 aliphatic carbocycles. The van der Waals surface area contributed by atoms with E-state index in [1.165, 1.54) is 18.3 Å². The molecule has 0 aliphatic rings. The molecule has 0 saturated heterocycles. The number of hydrogen-bond acceptors (Lipinski definition) is 2. The fourth-order valence-electron chi connectivity index (χ4n) is 2.26. The highest BCUT2D eigenvalue weighted by Crippen LogP contribution is 2.24. The zero-order chi connectivity index (χ0) is 17.1. The van der Waals surface area contributed by atoms with Crippen molar-refractivity contribution >= 4 is 33.4 Å². The van der Waals surface area contributed by atoms with Crippen LogP contribution in [-0.4, -0.2) is 16.1 Å². The summed E-state index contributed by atoms with van der Waals surface area (Å²) in [5.74, 6) is -0.707. The number of carbonyl (C=O) groups excluding carboxylic acids is 1. The van der Waals surface area contributed by atoms with Crippen LogP contribution in [0.1, 0.15) is 15.9 Å². The summed E-state index contributed by atoms with van der Waals surface area (Å²) in [5, 5.41) is 9.84. The van der Waals surface area contributed by atoms with Gasteiger partial charge in [-0.05, 0) is 29.8 Å². The van der Waals surface area contributed by atoms with Crippen molar-refractivity contribution in [2.75, 3.05) is 0 Å². The van der Waals surface area contributed by atoms with Crippen LogP contribution in [0, 0.1) is 5.82 Å². The fraction of sp³-hybridized carbons (Fsp3) is 0.0588. The summed E-state index contributed by atoms with van der Waals surface area (Å²) in [7, 11) is 0. The summed E-state index contributed by atoms with van der Waals surface area (Å²) < 4.78 is 14.0. The van der Waals surface area contributed by atoms with Crippen molar-refractivity contribution in [2.45, 2.75) is 6.54 Å². The van der Waals surface area contributed by atoms with E-state index >= 15 is 0 Å². The molecule has 24 heavy (non-hydrogen) atoms. The van der Waals surface area contributed by atoms with Gasteiger partial charge in [-0.1, -0.05) is 45.7 Å². The molecule has 3 aromatic rings. The summed E-state index contributed by atoms with van der Waals surface area (Å²) in [6.45, 7) is 0.195. The number of benzene rings is 2. The van der Waals surface area contributed by atoms with E-state index in [-0.39, 0.29) is 17.5 Å². The molecule has 0 aliphatic heterocycles. The number of aromatic nitrogens is 2. The molecule has 0 fully saturated rings. The van der Waals surface area contributed by atoms with Crippen LogP contribution in [0.3, 0.4) is 0 Å². The van der Waals surface area contributed by atoms with E-state index in [2.05, 4.69) is 31.4 Å². The Bertz CT molecular complexity index is 897. The van der Waals surface area contributed by atoms with Crippen LogP contribution in [0.2, 0.25) is 5.02 Å². The van der Waals surface area contributed by atoms with Crippen LogP contribution in [0.15, 0.2) is 53.1 Å². The van der Waals surface area contributed by atoms with Gasteiger partial charge in [0.2, 0.25) is 0 Å². The number of aromatic amines is 1. The summed E-state index contributed by atoms with van der Waals surface area (Å²) in [5.41, 5.74) is 2.52. The molecule has 1 amide bonds. The second-order valence-corrected chi connectivity index (χ2v) is 6.41. The summed E-state index contributed by atoms with van der Waals surface area (Å²) >= 11 is 9.37. The standard InChI is InChI=1S/C17H12BrClFN3O/c18-12-3-1-2-10(6-12)16-14(9-22-23-16)17(24)21-8-11-4-5-13(20)7-15(11)19/h1-7,9H,8H2,(H,21,24)(H,22,23). The average Bonchev–Trinajstić information content (AvgIpc) is 3.03. The van der Waals surface area contributed by atoms with E-state index in [0.717, 1.165) is 10.0 Å². The van der Waals surface area contributed by atoms with E-state index < -0.39 is 5.82 Å². The lowest BCUT2D eigenvalue weighted by Gasteiger charge is -2.08. The lowest BCUT2D eigenvalue weighted by atomic mass is 10.1. The minimum absolute atomic E-state index is 0.195. The average molecular weight is 409 g/mol. The normalized spacial score (nSPS) is 10.6. The third-order valence-corrected chi connectivity index (χ3v) is 4.30. The Balaban J connectivity index is 1.78. The smallest absolute Gasteiger partial charge is 0.255 e. The molecule has 4 nitrogen and oxygen atoms in total. The molecule has 3 rings (SSSR count). The van der Waals surface area contributed by atoms with Gasteiger partial charge in [-0.2, -0.15) is 5.10 Å². The summed E-state index contributed by atoms with van der Waals surface area (Å²) in [6.07, 6.45) is 1.47. The number of nitrogens with zero attached hydrogens (tertiary/aromatic N) is 1. The number of carbonyl (C=O) groups is 1. The Morgan fingerprint density at radius 2 is 2.12 bits per heavy atom. The Labute approximate surface area is 151 Å². The van der Waals surface area contributed by atoms with Crippen LogP contribution in [-0.2, 0) is 6.54 Å². The Kier molecular flexibility index (Phi) is 4.97. The third kappa shape index (κ3) is 3.66. The number of rotatable bonds is 4. The molecule has 7 heteroatoms. The van der Waals surface area contributed by atoms with E-state index in [0.29, 0.717) is 16.8 Å². The first-order chi connectivity index (χ1) is 11.5. The van der Waals surface area contributed by atoms with Crippen LogP contribution in [0.5, 0.6) is 0 Å². The van der Waals surface area contributed by atoms with Gasteiger partial charge in [-0.15, -0.1) is 0 Å². The van der Waals surface area contributed by atoms with Gasteiger partial charge in [-0.25, -0.2) is 4.39 Å². The third-order valence-electron chi connectivity index (χ3n) is 3.45. The molecule has 0 atom stereocenters. The van der Waals surface area contributed by atoms with Gasteiger partial charge in [0.15, 0.2) is 0 Å². The van der Waals surface area contributed by atoms with E-state index in [4.69, 9.17) is 11.6 Å². The molecule has 2 N–H and O–H groups in total. The van der Waals surface area contributed by atoms with E-state index in [1.54, 1.807) is 6.07 Å². The lowest BCUT2D eigenvalue weighted by molar-refractivity contribution is 0.0951. The van der Waals surface area contributed by atoms with Gasteiger partial charge in [0.1, 0.15) is 5.82 Å². The number of hydrogen-bond donors (Lipinski definition) is 2. The molecular weight excluding hydrogens is 397 g/mol. The Hall–Kier alpha value is -2.18. The maximum atomic E-state index is 13.1. The van der Waals surface area contributed by atoms with Crippen molar-refractivity contribution in [1.82, 2.24) is 15.5 Å². The predicted octanol–water partition coefficient (Wildman–Crippen LogP) is 4.56. The lowest BCUT2D eigenvalue weighted by Crippen LogP contribution is -2.23. The SMILES string of the molecule is O=C(NCc1ccc(F)cc1Cl)c1cn[nH]c1-c1cccc(Br)c1. The molecule has 0 saturated carbocycles. The van der Waals surface area contributed by atoms with Crippen molar-refractivity contribution < 1.29 is 9.18 Å². The monoisotopic (exact) mass is 407 g/mol. The van der Waals surface area contributed by atoms with Gasteiger partial charge in [0, 0.05) is 21.6 Å². The molecule has 0 radical (unpaired) electrons. The fourth-order valence-corrected chi connectivity index (χ4v) is 2.89. The highest BCUT2D eigenvalue weighted by atomic mass is 79.9. The minimum atomic E-state index is -0.415. The first-order valence-electron chi connectivity index (χ1n) is 7.06. The number of amides is 1. The molecule has 0 unspecified atom stereocenters. The molecule has 0 bridgehead atoms. The topological polar surface area (TPSA) is 57.8 Å². The maximum absolute atomic E-state index is 13.1. The van der Waals surface area contributed by atoms with Crippen molar-refractivity contribution in [3.05, 3.63) is 75.1 Å². The number of halogens is 3. The second-order valence-electron chi connectivity index (χ2n) is 5.09. The zero-order valence-electron chi connectivity index (χ0n) is 12.3. The van der Waals surface area contributed by atoms with Crippen molar-refractivity contribution in [3.63, 3.8) is 0 Å². The van der Waals surface area contributed by atoms with Crippen LogP contribution in [0.4, 0.5) is 4.39 Å². The van der Waals surface area contributed by atoms with Gasteiger partial charge >= 0.3 is 0 Å². The van der Waals surface area contributed by atoms with Crippen LogP contribution in [0.25, 0.3) is 11.3 Å². The number of H-pyrrole nitrogens is 1. The maximum Gasteiger partial charge on any atom is 0.255 e. The minimum Gasteiger partial charge on any atom is -0.348 e. The van der Waals surface area contributed by atoms with Gasteiger partial charge < -0.3 is 5.32 Å². The molecule has 2 aromatic carbocycles. The van der Waals surface area contributed by atoms with Gasteiger partial charge in [-0.3, -0.25) is 9.89 Å². The summed E-state index contributed by atoms with van der Waals surface area (Å²) in [4.78, 5) is 12.4. The number of nitrogens with one attached hydrogen (secondary N) is 2.